The lowest BCUT2D eigenvalue weighted by Gasteiger charge is -2.24. The number of primary amides is 1. The number of nitrogens with one attached hydrogen (secondary N) is 2. The van der Waals surface area contributed by atoms with Crippen LogP contribution < -0.4 is 22.1 Å². The van der Waals surface area contributed by atoms with E-state index < -0.39 is 11.7 Å². The van der Waals surface area contributed by atoms with Crippen LogP contribution in [0.3, 0.4) is 0 Å². The Morgan fingerprint density at radius 1 is 1.23 bits per heavy atom. The summed E-state index contributed by atoms with van der Waals surface area (Å²) in [7, 11) is 0. The number of hydrogen-bond acceptors (Lipinski definition) is 6. The van der Waals surface area contributed by atoms with Crippen molar-refractivity contribution in [2.45, 2.75) is 52.2 Å². The number of amides is 1. The summed E-state index contributed by atoms with van der Waals surface area (Å²) >= 11 is 0. The van der Waals surface area contributed by atoms with E-state index in [1.54, 1.807) is 6.20 Å². The first-order valence-electron chi connectivity index (χ1n) is 10.1. The third kappa shape index (κ3) is 4.20. The van der Waals surface area contributed by atoms with Gasteiger partial charge in [0, 0.05) is 24.0 Å². The van der Waals surface area contributed by atoms with Gasteiger partial charge in [0.15, 0.2) is 11.6 Å². The zero-order chi connectivity index (χ0) is 21.8. The molecule has 2 atom stereocenters. The summed E-state index contributed by atoms with van der Waals surface area (Å²) in [5, 5.41) is 11.4. The van der Waals surface area contributed by atoms with Crippen molar-refractivity contribution in [3.63, 3.8) is 0 Å². The van der Waals surface area contributed by atoms with Crippen molar-refractivity contribution in [2.75, 3.05) is 10.6 Å². The Labute approximate surface area is 174 Å². The summed E-state index contributed by atoms with van der Waals surface area (Å²) in [6, 6.07) is 6.45. The fourth-order valence-corrected chi connectivity index (χ4v) is 3.44. The van der Waals surface area contributed by atoms with Gasteiger partial charge in [0.25, 0.3) is 5.91 Å². The summed E-state index contributed by atoms with van der Waals surface area (Å²) in [6.45, 7) is 6.66. The molecule has 0 aliphatic rings. The fraction of sp³-hybridized carbons (Fsp3) is 0.381. The van der Waals surface area contributed by atoms with Crippen molar-refractivity contribution < 1.29 is 9.18 Å². The van der Waals surface area contributed by atoms with Crippen LogP contribution >= 0.6 is 0 Å². The zero-order valence-corrected chi connectivity index (χ0v) is 17.4. The maximum Gasteiger partial charge on any atom is 0.252 e. The molecule has 0 unspecified atom stereocenters. The van der Waals surface area contributed by atoms with Crippen LogP contribution in [0.5, 0.6) is 0 Å². The van der Waals surface area contributed by atoms with E-state index in [2.05, 4.69) is 20.7 Å². The lowest BCUT2D eigenvalue weighted by molar-refractivity contribution is 0.100. The van der Waals surface area contributed by atoms with Crippen LogP contribution in [-0.4, -0.2) is 32.8 Å². The number of halogens is 1. The van der Waals surface area contributed by atoms with Crippen LogP contribution in [0.4, 0.5) is 21.7 Å². The molecule has 0 radical (unpaired) electrons. The summed E-state index contributed by atoms with van der Waals surface area (Å²) in [5.74, 6) is -1.24. The average Bonchev–Trinajstić information content (AvgIpc) is 3.17. The van der Waals surface area contributed by atoms with Gasteiger partial charge < -0.3 is 22.1 Å². The molecule has 6 N–H and O–H groups in total. The lowest BCUT2D eigenvalue weighted by Crippen LogP contribution is -2.39. The van der Waals surface area contributed by atoms with Crippen LogP contribution in [0.25, 0.3) is 10.9 Å². The predicted octanol–water partition coefficient (Wildman–Crippen LogP) is 3.36. The highest BCUT2D eigenvalue weighted by Gasteiger charge is 2.21. The highest BCUT2D eigenvalue weighted by Crippen LogP contribution is 2.29. The van der Waals surface area contributed by atoms with Crippen LogP contribution in [-0.2, 0) is 6.54 Å². The number of carbonyl (C=O) groups excluding carboxylic acids is 1. The number of pyridine rings is 1. The minimum Gasteiger partial charge on any atom is -0.365 e. The van der Waals surface area contributed by atoms with Crippen molar-refractivity contribution in [3.05, 3.63) is 41.8 Å². The van der Waals surface area contributed by atoms with Gasteiger partial charge in [-0.15, -0.1) is 0 Å². The molecule has 2 heterocycles. The molecule has 9 heteroatoms. The van der Waals surface area contributed by atoms with E-state index >= 15 is 0 Å². The Hall–Kier alpha value is -3.20. The Kier molecular flexibility index (Phi) is 6.51. The Bertz CT molecular complexity index is 1050. The van der Waals surface area contributed by atoms with E-state index in [1.165, 1.54) is 0 Å². The lowest BCUT2D eigenvalue weighted by atomic mass is 10.0. The molecule has 0 aliphatic carbocycles. The van der Waals surface area contributed by atoms with Crippen molar-refractivity contribution in [3.8, 4) is 0 Å². The van der Waals surface area contributed by atoms with Gasteiger partial charge in [-0.05, 0) is 38.0 Å². The van der Waals surface area contributed by atoms with Gasteiger partial charge in [0.2, 0.25) is 0 Å². The summed E-state index contributed by atoms with van der Waals surface area (Å²) in [5.41, 5.74) is 13.2. The number of fused-ring (bicyclic) bond motifs is 1. The molecule has 30 heavy (non-hydrogen) atoms. The number of aromatic nitrogens is 3. The van der Waals surface area contributed by atoms with Crippen LogP contribution in [0.15, 0.2) is 30.5 Å². The summed E-state index contributed by atoms with van der Waals surface area (Å²) < 4.78 is 16.5. The van der Waals surface area contributed by atoms with Crippen LogP contribution in [0.2, 0.25) is 0 Å². The number of hydrogen-bond donors (Lipinski definition) is 4. The second-order valence-corrected chi connectivity index (χ2v) is 7.13. The van der Waals surface area contributed by atoms with E-state index in [0.717, 1.165) is 29.9 Å². The minimum atomic E-state index is -0.774. The van der Waals surface area contributed by atoms with Crippen molar-refractivity contribution in [2.24, 2.45) is 11.5 Å². The molecule has 2 aromatic heterocycles. The molecule has 160 valence electrons. The number of nitrogens with zero attached hydrogens (tertiary/aromatic N) is 3. The number of carbonyl (C=O) groups is 1. The van der Waals surface area contributed by atoms with Crippen molar-refractivity contribution in [1.82, 2.24) is 14.8 Å². The molecule has 3 rings (SSSR count). The van der Waals surface area contributed by atoms with Gasteiger partial charge in [0.05, 0.1) is 23.0 Å². The van der Waals surface area contributed by atoms with E-state index in [1.807, 2.05) is 43.7 Å². The quantitative estimate of drug-likeness (QED) is 0.426. The number of aryl methyl sites for hydroxylation is 1. The maximum atomic E-state index is 14.7. The molecule has 0 saturated carbocycles. The topological polar surface area (TPSA) is 124 Å². The number of anilines is 3. The summed E-state index contributed by atoms with van der Waals surface area (Å²) in [4.78, 5) is 16.3. The van der Waals surface area contributed by atoms with E-state index in [0.29, 0.717) is 12.1 Å². The maximum absolute atomic E-state index is 14.7. The highest BCUT2D eigenvalue weighted by molar-refractivity contribution is 6.00. The molecule has 0 spiro atoms. The molecular formula is C21H28FN7O. The molecule has 0 bridgehead atoms. The third-order valence-electron chi connectivity index (χ3n) is 5.23. The minimum absolute atomic E-state index is 0.0229. The first-order chi connectivity index (χ1) is 14.4. The summed E-state index contributed by atoms with van der Waals surface area (Å²) in [6.07, 6.45) is 3.17. The van der Waals surface area contributed by atoms with Gasteiger partial charge in [-0.2, -0.15) is 5.10 Å². The van der Waals surface area contributed by atoms with Gasteiger partial charge >= 0.3 is 0 Å². The molecule has 0 aliphatic heterocycles. The van der Waals surface area contributed by atoms with Crippen molar-refractivity contribution >= 4 is 34.1 Å². The molecule has 0 saturated heterocycles. The molecule has 1 amide bonds. The Morgan fingerprint density at radius 3 is 2.63 bits per heavy atom. The van der Waals surface area contributed by atoms with Gasteiger partial charge in [-0.1, -0.05) is 19.9 Å². The third-order valence-corrected chi connectivity index (χ3v) is 5.23. The number of benzene rings is 1. The second kappa shape index (κ2) is 9.08. The largest absolute Gasteiger partial charge is 0.365 e. The molecule has 8 nitrogen and oxygen atoms in total. The molecule has 1 aromatic carbocycles. The normalized spacial score (nSPS) is 13.2. The standard InChI is InChI=1S/C21H28FN7O/c1-4-15(23)16(5-2)26-21-14(22)10-12(19(24)30)20(28-21)27-17-8-7-9-18-13(17)11-25-29(18)6-3/h7-11,15-16H,4-6,23H2,1-3H3,(H2,24,30)(H2,26,27,28)/t15-,16+/m0/s1. The molecule has 3 aromatic rings. The first kappa shape index (κ1) is 21.5. The van der Waals surface area contributed by atoms with Crippen molar-refractivity contribution in [1.29, 1.82) is 0 Å². The average molecular weight is 414 g/mol. The van der Waals surface area contributed by atoms with Gasteiger partial charge in [0.1, 0.15) is 5.82 Å². The SMILES string of the molecule is CC[C@H](N)[C@@H](CC)Nc1nc(Nc2cccc3c2cnn3CC)c(C(N)=O)cc1F. The Morgan fingerprint density at radius 2 is 2.00 bits per heavy atom. The fourth-order valence-electron chi connectivity index (χ4n) is 3.44. The first-order valence-corrected chi connectivity index (χ1v) is 10.1. The molecular weight excluding hydrogens is 385 g/mol. The van der Waals surface area contributed by atoms with Crippen LogP contribution in [0.1, 0.15) is 44.0 Å². The molecule has 0 fully saturated rings. The highest BCUT2D eigenvalue weighted by atomic mass is 19.1. The zero-order valence-electron chi connectivity index (χ0n) is 17.4. The van der Waals surface area contributed by atoms with E-state index in [4.69, 9.17) is 11.5 Å². The number of nitrogens with two attached hydrogens (primary N) is 2. The Balaban J connectivity index is 2.03. The monoisotopic (exact) mass is 413 g/mol. The smallest absolute Gasteiger partial charge is 0.252 e. The van der Waals surface area contributed by atoms with Crippen LogP contribution in [0, 0.1) is 5.82 Å². The second-order valence-electron chi connectivity index (χ2n) is 7.13. The van der Waals surface area contributed by atoms with Gasteiger partial charge in [-0.3, -0.25) is 9.48 Å². The van der Waals surface area contributed by atoms with Gasteiger partial charge in [-0.25, -0.2) is 9.37 Å². The number of rotatable bonds is 9. The van der Waals surface area contributed by atoms with E-state index in [-0.39, 0.29) is 29.3 Å². The van der Waals surface area contributed by atoms with E-state index in [9.17, 15) is 9.18 Å². The predicted molar refractivity (Wildman–Crippen MR) is 117 cm³/mol.